The van der Waals surface area contributed by atoms with Crippen molar-refractivity contribution in [1.82, 2.24) is 5.32 Å². The summed E-state index contributed by atoms with van der Waals surface area (Å²) in [6.45, 7) is 1.83. The molecule has 2 unspecified atom stereocenters. The Kier molecular flexibility index (Phi) is 6.54. The number of nitrogens with zero attached hydrogens (tertiary/aromatic N) is 2. The van der Waals surface area contributed by atoms with E-state index in [1.165, 1.54) is 4.90 Å². The first-order valence-corrected chi connectivity index (χ1v) is 11.0. The Morgan fingerprint density at radius 2 is 1.71 bits per heavy atom. The third kappa shape index (κ3) is 4.88. The van der Waals surface area contributed by atoms with Crippen molar-refractivity contribution < 1.29 is 14.4 Å². The number of fused-ring (bicyclic) bond motifs is 1. The van der Waals surface area contributed by atoms with Gasteiger partial charge in [0, 0.05) is 30.3 Å². The molecule has 7 heteroatoms. The van der Waals surface area contributed by atoms with E-state index in [-0.39, 0.29) is 17.7 Å². The van der Waals surface area contributed by atoms with Crippen molar-refractivity contribution in [2.24, 2.45) is 16.6 Å². The Morgan fingerprint density at radius 1 is 1.03 bits per heavy atom. The van der Waals surface area contributed by atoms with Gasteiger partial charge in [0.05, 0.1) is 5.69 Å². The first-order chi connectivity index (χ1) is 16.3. The normalized spacial score (nSPS) is 15.9. The highest BCUT2D eigenvalue weighted by molar-refractivity contribution is 6.06. The number of amides is 3. The molecular formula is C27H26N4O3. The van der Waals surface area contributed by atoms with Crippen LogP contribution >= 0.6 is 0 Å². The molecule has 0 aromatic heterocycles. The topological polar surface area (TPSA) is 105 Å². The standard InChI is InChI=1S/C27H26N4O3/c1-17(14-18-6-4-3-5-7-18)26(33)30-25-27(34)31(2)23-15-21(12-13-22(23)16-29-25)19-8-10-20(11-9-19)24(28)32/h3-13,15-17,25H,14H2,1-2H3,(H2,28,32)(H,30,33). The smallest absolute Gasteiger partial charge is 0.272 e. The Morgan fingerprint density at radius 3 is 2.38 bits per heavy atom. The fourth-order valence-corrected chi connectivity index (χ4v) is 3.91. The number of nitrogens with two attached hydrogens (primary N) is 1. The van der Waals surface area contributed by atoms with Crippen molar-refractivity contribution in [2.45, 2.75) is 19.5 Å². The number of carbonyl (C=O) groups excluding carboxylic acids is 3. The fourth-order valence-electron chi connectivity index (χ4n) is 3.91. The minimum atomic E-state index is -0.999. The zero-order valence-electron chi connectivity index (χ0n) is 19.1. The summed E-state index contributed by atoms with van der Waals surface area (Å²) in [4.78, 5) is 43.1. The minimum absolute atomic E-state index is 0.228. The highest BCUT2D eigenvalue weighted by atomic mass is 16.2. The monoisotopic (exact) mass is 454 g/mol. The first kappa shape index (κ1) is 22.9. The Hall–Kier alpha value is -4.26. The molecule has 0 bridgehead atoms. The van der Waals surface area contributed by atoms with E-state index < -0.39 is 12.1 Å². The highest BCUT2D eigenvalue weighted by Gasteiger charge is 2.29. The van der Waals surface area contributed by atoms with Crippen LogP contribution in [0.1, 0.15) is 28.4 Å². The zero-order valence-corrected chi connectivity index (χ0v) is 19.1. The molecule has 1 aliphatic rings. The van der Waals surface area contributed by atoms with Gasteiger partial charge >= 0.3 is 0 Å². The average Bonchev–Trinajstić information content (AvgIpc) is 2.96. The van der Waals surface area contributed by atoms with Crippen molar-refractivity contribution in [1.29, 1.82) is 0 Å². The second kappa shape index (κ2) is 9.70. The molecule has 34 heavy (non-hydrogen) atoms. The fraction of sp³-hybridized carbons (Fsp3) is 0.185. The van der Waals surface area contributed by atoms with E-state index in [1.807, 2.05) is 67.6 Å². The lowest BCUT2D eigenvalue weighted by Crippen LogP contribution is -2.47. The predicted octanol–water partition coefficient (Wildman–Crippen LogP) is 3.17. The third-order valence-electron chi connectivity index (χ3n) is 5.93. The molecule has 3 N–H and O–H groups in total. The number of anilines is 1. The molecule has 0 spiro atoms. The third-order valence-corrected chi connectivity index (χ3v) is 5.93. The van der Waals surface area contributed by atoms with Gasteiger partial charge < -0.3 is 16.0 Å². The first-order valence-electron chi connectivity index (χ1n) is 11.0. The largest absolute Gasteiger partial charge is 0.366 e. The number of hydrogen-bond donors (Lipinski definition) is 2. The van der Waals surface area contributed by atoms with Gasteiger partial charge in [0.15, 0.2) is 0 Å². The summed E-state index contributed by atoms with van der Waals surface area (Å²) in [7, 11) is 1.67. The van der Waals surface area contributed by atoms with Crippen LogP contribution in [-0.4, -0.2) is 37.1 Å². The molecule has 0 saturated carbocycles. The van der Waals surface area contributed by atoms with E-state index in [1.54, 1.807) is 25.4 Å². The molecule has 0 fully saturated rings. The van der Waals surface area contributed by atoms with E-state index >= 15 is 0 Å². The van der Waals surface area contributed by atoms with E-state index in [0.717, 1.165) is 22.3 Å². The van der Waals surface area contributed by atoms with E-state index in [4.69, 9.17) is 5.73 Å². The number of hydrogen-bond acceptors (Lipinski definition) is 4. The summed E-state index contributed by atoms with van der Waals surface area (Å²) < 4.78 is 0. The molecule has 7 nitrogen and oxygen atoms in total. The molecule has 1 aliphatic heterocycles. The molecule has 1 heterocycles. The van der Waals surface area contributed by atoms with Gasteiger partial charge in [-0.2, -0.15) is 0 Å². The Balaban J connectivity index is 1.50. The van der Waals surface area contributed by atoms with Gasteiger partial charge in [0.25, 0.3) is 5.91 Å². The zero-order chi connectivity index (χ0) is 24.2. The number of nitrogens with one attached hydrogen (secondary N) is 1. The summed E-state index contributed by atoms with van der Waals surface area (Å²) in [6, 6.07) is 22.4. The van der Waals surface area contributed by atoms with Crippen molar-refractivity contribution >= 4 is 29.6 Å². The molecule has 3 aromatic carbocycles. The van der Waals surface area contributed by atoms with E-state index in [9.17, 15) is 14.4 Å². The maximum absolute atomic E-state index is 13.1. The quantitative estimate of drug-likeness (QED) is 0.598. The van der Waals surface area contributed by atoms with Gasteiger partial charge in [-0.15, -0.1) is 0 Å². The van der Waals surface area contributed by atoms with Crippen LogP contribution in [0.15, 0.2) is 77.8 Å². The number of primary amides is 1. The summed E-state index contributed by atoms with van der Waals surface area (Å²) >= 11 is 0. The van der Waals surface area contributed by atoms with Gasteiger partial charge in [-0.1, -0.05) is 61.5 Å². The number of carbonyl (C=O) groups is 3. The van der Waals surface area contributed by atoms with Crippen LogP contribution in [0.3, 0.4) is 0 Å². The number of rotatable bonds is 6. The molecule has 0 radical (unpaired) electrons. The number of benzodiazepines with no additional fused rings is 1. The molecule has 4 rings (SSSR count). The molecular weight excluding hydrogens is 428 g/mol. The van der Waals surface area contributed by atoms with Crippen molar-refractivity contribution in [2.75, 3.05) is 11.9 Å². The summed E-state index contributed by atoms with van der Waals surface area (Å²) in [5.41, 5.74) is 10.0. The van der Waals surface area contributed by atoms with E-state index in [0.29, 0.717) is 17.7 Å². The highest BCUT2D eigenvalue weighted by Crippen LogP contribution is 2.29. The Bertz CT molecular complexity index is 1250. The molecule has 3 amide bonds. The summed E-state index contributed by atoms with van der Waals surface area (Å²) in [5.74, 6) is -1.34. The number of likely N-dealkylation sites (N-methyl/N-ethyl adjacent to an activating group) is 1. The van der Waals surface area contributed by atoms with Gasteiger partial charge in [-0.3, -0.25) is 19.4 Å². The van der Waals surface area contributed by atoms with Crippen molar-refractivity contribution in [3.63, 3.8) is 0 Å². The van der Waals surface area contributed by atoms with Crippen LogP contribution in [0.4, 0.5) is 5.69 Å². The van der Waals surface area contributed by atoms with Crippen LogP contribution in [0.25, 0.3) is 11.1 Å². The minimum Gasteiger partial charge on any atom is -0.366 e. The molecule has 172 valence electrons. The summed E-state index contributed by atoms with van der Waals surface area (Å²) in [5, 5.41) is 2.79. The summed E-state index contributed by atoms with van der Waals surface area (Å²) in [6.07, 6.45) is 1.19. The average molecular weight is 455 g/mol. The van der Waals surface area contributed by atoms with Gasteiger partial charge in [-0.25, -0.2) is 0 Å². The number of aliphatic imine (C=N–C) groups is 1. The predicted molar refractivity (Wildman–Crippen MR) is 133 cm³/mol. The SMILES string of the molecule is CC(Cc1ccccc1)C(=O)NC1N=Cc2ccc(-c3ccc(C(N)=O)cc3)cc2N(C)C1=O. The number of benzene rings is 3. The molecule has 3 aromatic rings. The Labute approximate surface area is 198 Å². The second-order valence-electron chi connectivity index (χ2n) is 8.39. The van der Waals surface area contributed by atoms with Gasteiger partial charge in [-0.05, 0) is 41.3 Å². The molecule has 2 atom stereocenters. The lowest BCUT2D eigenvalue weighted by molar-refractivity contribution is -0.129. The van der Waals surface area contributed by atoms with Crippen LogP contribution in [0, 0.1) is 5.92 Å². The maximum Gasteiger partial charge on any atom is 0.272 e. The molecule has 0 aliphatic carbocycles. The van der Waals surface area contributed by atoms with Gasteiger partial charge in [0.2, 0.25) is 18.0 Å². The second-order valence-corrected chi connectivity index (χ2v) is 8.39. The maximum atomic E-state index is 13.1. The van der Waals surface area contributed by atoms with Crippen LogP contribution < -0.4 is 16.0 Å². The van der Waals surface area contributed by atoms with Gasteiger partial charge in [0.1, 0.15) is 0 Å². The molecule has 0 saturated heterocycles. The van der Waals surface area contributed by atoms with E-state index in [2.05, 4.69) is 10.3 Å². The van der Waals surface area contributed by atoms with Crippen LogP contribution in [-0.2, 0) is 16.0 Å². The van der Waals surface area contributed by atoms with Crippen LogP contribution in [0.2, 0.25) is 0 Å². The lowest BCUT2D eigenvalue weighted by Gasteiger charge is -2.22. The van der Waals surface area contributed by atoms with Crippen LogP contribution in [0.5, 0.6) is 0 Å². The van der Waals surface area contributed by atoms with Crippen molar-refractivity contribution in [3.05, 3.63) is 89.5 Å². The van der Waals surface area contributed by atoms with Crippen molar-refractivity contribution in [3.8, 4) is 11.1 Å². The lowest BCUT2D eigenvalue weighted by atomic mass is 10.0.